The number of thioether (sulfide) groups is 2. The van der Waals surface area contributed by atoms with E-state index in [4.69, 9.17) is 17.0 Å². The zero-order valence-electron chi connectivity index (χ0n) is 9.01. The molecular weight excluding hydrogens is 258 g/mol. The Kier molecular flexibility index (Phi) is 4.37. The Balaban J connectivity index is 1.91. The van der Waals surface area contributed by atoms with Crippen molar-refractivity contribution in [3.05, 3.63) is 24.3 Å². The lowest BCUT2D eigenvalue weighted by Gasteiger charge is -2.17. The van der Waals surface area contributed by atoms with Gasteiger partial charge in [0.2, 0.25) is 4.38 Å². The van der Waals surface area contributed by atoms with E-state index in [-0.39, 0.29) is 0 Å². The highest BCUT2D eigenvalue weighted by Gasteiger charge is 2.19. The second-order valence-corrected chi connectivity index (χ2v) is 5.77. The first-order valence-corrected chi connectivity index (χ1v) is 7.45. The third kappa shape index (κ3) is 2.84. The van der Waals surface area contributed by atoms with Gasteiger partial charge in [-0.25, -0.2) is 0 Å². The van der Waals surface area contributed by atoms with E-state index in [1.54, 1.807) is 11.8 Å². The zero-order valence-corrected chi connectivity index (χ0v) is 11.5. The van der Waals surface area contributed by atoms with Gasteiger partial charge in [-0.05, 0) is 31.3 Å². The average Bonchev–Trinajstić information content (AvgIpc) is 2.70. The van der Waals surface area contributed by atoms with Gasteiger partial charge in [-0.15, -0.1) is 11.8 Å². The maximum Gasteiger partial charge on any atom is 0.221 e. The summed E-state index contributed by atoms with van der Waals surface area (Å²) in [6.45, 7) is 2.60. The molecule has 0 N–H and O–H groups in total. The molecule has 0 aromatic heterocycles. The van der Waals surface area contributed by atoms with Gasteiger partial charge in [0.05, 0.1) is 24.0 Å². The molecule has 86 valence electrons. The molecule has 0 aliphatic carbocycles. The van der Waals surface area contributed by atoms with Gasteiger partial charge in [0, 0.05) is 4.90 Å². The number of nitrogens with zero attached hydrogens (tertiary/aromatic N) is 1. The molecule has 2 nitrogen and oxygen atoms in total. The normalized spacial score (nSPS) is 13.7. The van der Waals surface area contributed by atoms with E-state index in [1.807, 2.05) is 18.7 Å². The van der Waals surface area contributed by atoms with Crippen molar-refractivity contribution in [3.8, 4) is 0 Å². The number of hydrogen-bond donors (Lipinski definition) is 0. The smallest absolute Gasteiger partial charge is 0.221 e. The topological polar surface area (TPSA) is 12.5 Å². The Morgan fingerprint density at radius 2 is 2.38 bits per heavy atom. The first-order valence-electron chi connectivity index (χ1n) is 5.07. The quantitative estimate of drug-likeness (QED) is 0.777. The minimum absolute atomic E-state index is 0.636. The van der Waals surface area contributed by atoms with E-state index in [0.717, 1.165) is 11.8 Å². The van der Waals surface area contributed by atoms with Crippen molar-refractivity contribution in [1.29, 1.82) is 0 Å². The maximum absolute atomic E-state index is 5.25. The van der Waals surface area contributed by atoms with Crippen molar-refractivity contribution in [2.24, 2.45) is 0 Å². The van der Waals surface area contributed by atoms with E-state index in [1.165, 1.54) is 10.6 Å². The molecule has 2 rings (SSSR count). The lowest BCUT2D eigenvalue weighted by Crippen LogP contribution is -2.19. The third-order valence-corrected chi connectivity index (χ3v) is 4.54. The Bertz CT molecular complexity index is 383. The summed E-state index contributed by atoms with van der Waals surface area (Å²) in [5.41, 5.74) is 1.30. The fraction of sp³-hybridized carbons (Fsp3) is 0.364. The molecule has 0 fully saturated rings. The monoisotopic (exact) mass is 271 g/mol. The SMILES string of the molecule is CCOC(=S)SCN1CSc2ccccc21. The molecule has 16 heavy (non-hydrogen) atoms. The number of fused-ring (bicyclic) bond motifs is 1. The Labute approximate surface area is 110 Å². The summed E-state index contributed by atoms with van der Waals surface area (Å²) >= 11 is 8.55. The van der Waals surface area contributed by atoms with Crippen LogP contribution in [0.3, 0.4) is 0 Å². The van der Waals surface area contributed by atoms with E-state index < -0.39 is 0 Å². The van der Waals surface area contributed by atoms with Gasteiger partial charge in [0.1, 0.15) is 0 Å². The fourth-order valence-electron chi connectivity index (χ4n) is 1.45. The summed E-state index contributed by atoms with van der Waals surface area (Å²) in [7, 11) is 0. The molecule has 0 radical (unpaired) electrons. The van der Waals surface area contributed by atoms with Crippen molar-refractivity contribution < 1.29 is 4.74 Å². The van der Waals surface area contributed by atoms with E-state index in [2.05, 4.69) is 29.2 Å². The summed E-state index contributed by atoms with van der Waals surface area (Å²) in [5, 5.41) is 0. The van der Waals surface area contributed by atoms with Crippen LogP contribution in [0.1, 0.15) is 6.92 Å². The number of anilines is 1. The lowest BCUT2D eigenvalue weighted by atomic mass is 10.3. The van der Waals surface area contributed by atoms with Crippen molar-refractivity contribution in [3.63, 3.8) is 0 Å². The van der Waals surface area contributed by atoms with Crippen molar-refractivity contribution in [1.82, 2.24) is 0 Å². The molecular formula is C11H13NOS3. The van der Waals surface area contributed by atoms with Crippen LogP contribution in [0.2, 0.25) is 0 Å². The zero-order chi connectivity index (χ0) is 11.4. The molecule has 0 saturated carbocycles. The Morgan fingerprint density at radius 1 is 1.56 bits per heavy atom. The largest absolute Gasteiger partial charge is 0.479 e. The fourth-order valence-corrected chi connectivity index (χ4v) is 3.58. The molecule has 0 unspecified atom stereocenters. The number of benzene rings is 1. The van der Waals surface area contributed by atoms with Crippen molar-refractivity contribution >= 4 is 45.8 Å². The molecule has 1 aromatic rings. The number of thiocarbonyl (C=S) groups is 1. The maximum atomic E-state index is 5.25. The highest BCUT2D eigenvalue weighted by Crippen LogP contribution is 2.38. The van der Waals surface area contributed by atoms with Gasteiger partial charge < -0.3 is 9.64 Å². The molecule has 0 saturated heterocycles. The van der Waals surface area contributed by atoms with E-state index in [0.29, 0.717) is 11.0 Å². The molecule has 5 heteroatoms. The van der Waals surface area contributed by atoms with Gasteiger partial charge in [-0.3, -0.25) is 0 Å². The van der Waals surface area contributed by atoms with Gasteiger partial charge >= 0.3 is 0 Å². The van der Waals surface area contributed by atoms with Crippen LogP contribution in [0.25, 0.3) is 0 Å². The van der Waals surface area contributed by atoms with Gasteiger partial charge in [0.15, 0.2) is 0 Å². The van der Waals surface area contributed by atoms with Crippen LogP contribution >= 0.6 is 35.7 Å². The van der Waals surface area contributed by atoms with E-state index in [9.17, 15) is 0 Å². The summed E-state index contributed by atoms with van der Waals surface area (Å²) < 4.78 is 5.89. The highest BCUT2D eigenvalue weighted by atomic mass is 32.2. The minimum Gasteiger partial charge on any atom is -0.479 e. The van der Waals surface area contributed by atoms with Crippen LogP contribution in [0.5, 0.6) is 0 Å². The second-order valence-electron chi connectivity index (χ2n) is 3.24. The van der Waals surface area contributed by atoms with Crippen molar-refractivity contribution in [2.45, 2.75) is 11.8 Å². The average molecular weight is 271 g/mol. The first-order chi connectivity index (χ1) is 7.81. The minimum atomic E-state index is 0.636. The standard InChI is InChI=1S/C11H13NOS3/c1-2-13-11(14)16-8-12-7-15-10-6-4-3-5-9(10)12/h3-6H,2,7-8H2,1H3. The Morgan fingerprint density at radius 3 is 3.19 bits per heavy atom. The van der Waals surface area contributed by atoms with Crippen LogP contribution in [-0.4, -0.2) is 22.7 Å². The van der Waals surface area contributed by atoms with Crippen LogP contribution in [0.4, 0.5) is 5.69 Å². The molecule has 0 bridgehead atoms. The molecule has 0 spiro atoms. The lowest BCUT2D eigenvalue weighted by molar-refractivity contribution is 0.346. The number of ether oxygens (including phenoxy) is 1. The highest BCUT2D eigenvalue weighted by molar-refractivity contribution is 8.22. The Hall–Kier alpha value is -0.390. The molecule has 1 aliphatic rings. The van der Waals surface area contributed by atoms with Crippen LogP contribution in [0.15, 0.2) is 29.2 Å². The summed E-state index contributed by atoms with van der Waals surface area (Å²) in [6, 6.07) is 8.46. The third-order valence-electron chi connectivity index (χ3n) is 2.18. The van der Waals surface area contributed by atoms with Gasteiger partial charge in [-0.1, -0.05) is 23.9 Å². The van der Waals surface area contributed by atoms with E-state index >= 15 is 0 Å². The first kappa shape index (κ1) is 12.1. The van der Waals surface area contributed by atoms with Crippen molar-refractivity contribution in [2.75, 3.05) is 23.3 Å². The predicted molar refractivity (Wildman–Crippen MR) is 76.3 cm³/mol. The summed E-state index contributed by atoms with van der Waals surface area (Å²) in [6.07, 6.45) is 0. The van der Waals surface area contributed by atoms with Crippen LogP contribution in [-0.2, 0) is 4.74 Å². The number of para-hydroxylation sites is 1. The number of rotatable bonds is 3. The molecule has 0 amide bonds. The second kappa shape index (κ2) is 5.80. The molecule has 1 aliphatic heterocycles. The van der Waals surface area contributed by atoms with Crippen LogP contribution in [0, 0.1) is 0 Å². The number of hydrogen-bond acceptors (Lipinski definition) is 5. The summed E-state index contributed by atoms with van der Waals surface area (Å²) in [5.74, 6) is 1.87. The van der Waals surface area contributed by atoms with Gasteiger partial charge in [0.25, 0.3) is 0 Å². The predicted octanol–water partition coefficient (Wildman–Crippen LogP) is 3.57. The summed E-state index contributed by atoms with van der Waals surface area (Å²) in [4.78, 5) is 3.67. The molecule has 1 aromatic carbocycles. The van der Waals surface area contributed by atoms with Crippen LogP contribution < -0.4 is 4.90 Å². The molecule has 1 heterocycles. The molecule has 0 atom stereocenters. The van der Waals surface area contributed by atoms with Gasteiger partial charge in [-0.2, -0.15) is 0 Å².